The zero-order chi connectivity index (χ0) is 14.5. The maximum atomic E-state index is 11.9. The molecule has 0 saturated carbocycles. The lowest BCUT2D eigenvalue weighted by Gasteiger charge is -2.03. The van der Waals surface area contributed by atoms with E-state index in [2.05, 4.69) is 10.5 Å². The van der Waals surface area contributed by atoms with Gasteiger partial charge in [-0.05, 0) is 30.7 Å². The van der Waals surface area contributed by atoms with Gasteiger partial charge in [-0.1, -0.05) is 47.5 Å². The number of amides is 1. The van der Waals surface area contributed by atoms with Crippen LogP contribution in [0, 0.1) is 6.92 Å². The molecular formula is C15H12Cl2N2O. The van der Waals surface area contributed by atoms with Crippen LogP contribution < -0.4 is 5.43 Å². The first kappa shape index (κ1) is 14.6. The molecule has 0 saturated heterocycles. The van der Waals surface area contributed by atoms with E-state index in [4.69, 9.17) is 23.2 Å². The van der Waals surface area contributed by atoms with Gasteiger partial charge in [0, 0.05) is 16.1 Å². The highest BCUT2D eigenvalue weighted by atomic mass is 35.5. The second-order valence-corrected chi connectivity index (χ2v) is 5.02. The second kappa shape index (κ2) is 6.55. The van der Waals surface area contributed by atoms with E-state index in [1.807, 2.05) is 25.1 Å². The van der Waals surface area contributed by atoms with Crippen molar-refractivity contribution in [2.24, 2.45) is 5.10 Å². The van der Waals surface area contributed by atoms with Gasteiger partial charge >= 0.3 is 0 Å². The number of hydrogen-bond acceptors (Lipinski definition) is 2. The molecule has 0 heterocycles. The van der Waals surface area contributed by atoms with Crippen LogP contribution >= 0.6 is 23.2 Å². The average Bonchev–Trinajstić information content (AvgIpc) is 2.41. The summed E-state index contributed by atoms with van der Waals surface area (Å²) < 4.78 is 0. The van der Waals surface area contributed by atoms with Gasteiger partial charge in [-0.3, -0.25) is 4.79 Å². The molecule has 3 nitrogen and oxygen atoms in total. The Morgan fingerprint density at radius 2 is 1.95 bits per heavy atom. The van der Waals surface area contributed by atoms with Crippen molar-refractivity contribution in [1.29, 1.82) is 0 Å². The molecule has 1 N–H and O–H groups in total. The maximum Gasteiger partial charge on any atom is 0.271 e. The molecule has 0 spiro atoms. The highest BCUT2D eigenvalue weighted by Crippen LogP contribution is 2.19. The number of hydrogen-bond donors (Lipinski definition) is 1. The molecule has 1 amide bonds. The number of rotatable bonds is 3. The highest BCUT2D eigenvalue weighted by Gasteiger charge is 2.06. The average molecular weight is 307 g/mol. The molecule has 20 heavy (non-hydrogen) atoms. The van der Waals surface area contributed by atoms with Crippen molar-refractivity contribution >= 4 is 35.3 Å². The van der Waals surface area contributed by atoms with Crippen LogP contribution in [0.4, 0.5) is 0 Å². The van der Waals surface area contributed by atoms with Crippen LogP contribution in [0.15, 0.2) is 47.6 Å². The number of benzene rings is 2. The van der Waals surface area contributed by atoms with E-state index in [1.54, 1.807) is 24.3 Å². The number of carbonyl (C=O) groups excluding carboxylic acids is 1. The summed E-state index contributed by atoms with van der Waals surface area (Å²) in [6, 6.07) is 12.4. The van der Waals surface area contributed by atoms with Crippen LogP contribution in [0.5, 0.6) is 0 Å². The minimum absolute atomic E-state index is 0.260. The fraction of sp³-hybridized carbons (Fsp3) is 0.0667. The van der Waals surface area contributed by atoms with Gasteiger partial charge in [0.15, 0.2) is 0 Å². The van der Waals surface area contributed by atoms with Gasteiger partial charge in [-0.2, -0.15) is 5.10 Å². The molecule has 0 atom stereocenters. The van der Waals surface area contributed by atoms with Gasteiger partial charge in [-0.25, -0.2) is 5.43 Å². The molecular weight excluding hydrogens is 295 g/mol. The minimum atomic E-state index is -0.260. The third-order valence-corrected chi connectivity index (χ3v) is 3.28. The van der Waals surface area contributed by atoms with Crippen LogP contribution in [-0.4, -0.2) is 12.1 Å². The van der Waals surface area contributed by atoms with Gasteiger partial charge in [0.2, 0.25) is 0 Å². The molecule has 2 aromatic carbocycles. The summed E-state index contributed by atoms with van der Waals surface area (Å²) in [5.41, 5.74) is 4.63. The van der Waals surface area contributed by atoms with Crippen LogP contribution in [-0.2, 0) is 0 Å². The first-order valence-corrected chi connectivity index (χ1v) is 6.67. The Labute approximate surface area is 127 Å². The number of hydrazone groups is 1. The molecule has 0 aromatic heterocycles. The van der Waals surface area contributed by atoms with Crippen LogP contribution in [0.25, 0.3) is 0 Å². The Morgan fingerprint density at radius 1 is 1.20 bits per heavy atom. The quantitative estimate of drug-likeness (QED) is 0.674. The first-order chi connectivity index (χ1) is 9.58. The SMILES string of the molecule is Cc1ccccc1C(=O)N/N=C\c1ccc(Cl)cc1Cl. The number of carbonyl (C=O) groups is 1. The summed E-state index contributed by atoms with van der Waals surface area (Å²) in [5.74, 6) is -0.260. The van der Waals surface area contributed by atoms with Gasteiger partial charge < -0.3 is 0 Å². The lowest BCUT2D eigenvalue weighted by Crippen LogP contribution is -2.18. The molecule has 0 aliphatic heterocycles. The molecule has 0 aliphatic rings. The van der Waals surface area contributed by atoms with E-state index in [0.29, 0.717) is 21.2 Å². The zero-order valence-corrected chi connectivity index (χ0v) is 12.2. The maximum absolute atomic E-state index is 11.9. The van der Waals surface area contributed by atoms with Gasteiger partial charge in [0.1, 0.15) is 0 Å². The molecule has 0 aliphatic carbocycles. The fourth-order valence-corrected chi connectivity index (χ4v) is 2.11. The predicted molar refractivity (Wildman–Crippen MR) is 82.7 cm³/mol. The van der Waals surface area contributed by atoms with Crippen molar-refractivity contribution in [3.05, 3.63) is 69.2 Å². The number of nitrogens with one attached hydrogen (secondary N) is 1. The van der Waals surface area contributed by atoms with Gasteiger partial charge in [-0.15, -0.1) is 0 Å². The van der Waals surface area contributed by atoms with E-state index >= 15 is 0 Å². The van der Waals surface area contributed by atoms with Crippen molar-refractivity contribution in [2.75, 3.05) is 0 Å². The second-order valence-electron chi connectivity index (χ2n) is 4.18. The molecule has 0 bridgehead atoms. The topological polar surface area (TPSA) is 41.5 Å². The van der Waals surface area contributed by atoms with Gasteiger partial charge in [0.05, 0.1) is 11.2 Å². The van der Waals surface area contributed by atoms with E-state index < -0.39 is 0 Å². The van der Waals surface area contributed by atoms with Crippen molar-refractivity contribution in [3.63, 3.8) is 0 Å². The van der Waals surface area contributed by atoms with E-state index in [9.17, 15) is 4.79 Å². The third kappa shape index (κ3) is 3.59. The highest BCUT2D eigenvalue weighted by molar-refractivity contribution is 6.36. The molecule has 102 valence electrons. The normalized spacial score (nSPS) is 10.8. The standard InChI is InChI=1S/C15H12Cl2N2O/c1-10-4-2-3-5-13(10)15(20)19-18-9-11-6-7-12(16)8-14(11)17/h2-9H,1H3,(H,19,20)/b18-9-. The molecule has 2 aromatic rings. The molecule has 0 fully saturated rings. The lowest BCUT2D eigenvalue weighted by molar-refractivity contribution is 0.0954. The van der Waals surface area contributed by atoms with E-state index in [0.717, 1.165) is 5.56 Å². The lowest BCUT2D eigenvalue weighted by atomic mass is 10.1. The van der Waals surface area contributed by atoms with Crippen molar-refractivity contribution < 1.29 is 4.79 Å². The Morgan fingerprint density at radius 3 is 2.65 bits per heavy atom. The Kier molecular flexibility index (Phi) is 4.77. The molecule has 2 rings (SSSR count). The van der Waals surface area contributed by atoms with Crippen LogP contribution in [0.2, 0.25) is 10.0 Å². The first-order valence-electron chi connectivity index (χ1n) is 5.92. The number of halogens is 2. The molecule has 5 heteroatoms. The van der Waals surface area contributed by atoms with Crippen molar-refractivity contribution in [2.45, 2.75) is 6.92 Å². The smallest absolute Gasteiger partial charge is 0.267 e. The van der Waals surface area contributed by atoms with Crippen molar-refractivity contribution in [3.8, 4) is 0 Å². The van der Waals surface area contributed by atoms with E-state index in [1.165, 1.54) is 6.21 Å². The summed E-state index contributed by atoms with van der Waals surface area (Å²) in [7, 11) is 0. The Balaban J connectivity index is 2.07. The summed E-state index contributed by atoms with van der Waals surface area (Å²) in [4.78, 5) is 11.9. The zero-order valence-electron chi connectivity index (χ0n) is 10.7. The molecule has 0 unspecified atom stereocenters. The summed E-state index contributed by atoms with van der Waals surface area (Å²) >= 11 is 11.8. The Bertz CT molecular complexity index is 669. The number of nitrogens with zero attached hydrogens (tertiary/aromatic N) is 1. The monoisotopic (exact) mass is 306 g/mol. The number of aryl methyl sites for hydroxylation is 1. The Hall–Kier alpha value is -1.84. The van der Waals surface area contributed by atoms with Crippen LogP contribution in [0.3, 0.4) is 0 Å². The summed E-state index contributed by atoms with van der Waals surface area (Å²) in [5, 5.41) is 4.93. The summed E-state index contributed by atoms with van der Waals surface area (Å²) in [6.45, 7) is 1.87. The largest absolute Gasteiger partial charge is 0.271 e. The van der Waals surface area contributed by atoms with Crippen LogP contribution in [0.1, 0.15) is 21.5 Å². The minimum Gasteiger partial charge on any atom is -0.267 e. The van der Waals surface area contributed by atoms with Crippen molar-refractivity contribution in [1.82, 2.24) is 5.43 Å². The summed E-state index contributed by atoms with van der Waals surface area (Å²) in [6.07, 6.45) is 1.48. The fourth-order valence-electron chi connectivity index (χ4n) is 1.65. The predicted octanol–water partition coefficient (Wildman–Crippen LogP) is 4.07. The third-order valence-electron chi connectivity index (χ3n) is 2.72. The molecule has 0 radical (unpaired) electrons. The van der Waals surface area contributed by atoms with Gasteiger partial charge in [0.25, 0.3) is 5.91 Å². The van der Waals surface area contributed by atoms with E-state index in [-0.39, 0.29) is 5.91 Å².